The number of aryl methyl sites for hydroxylation is 2. The predicted octanol–water partition coefficient (Wildman–Crippen LogP) is 2.03. The van der Waals surface area contributed by atoms with Crippen LogP contribution in [0.25, 0.3) is 0 Å². The molecule has 34 heavy (non-hydrogen) atoms. The highest BCUT2D eigenvalue weighted by atomic mass is 16.4. The first-order valence-electron chi connectivity index (χ1n) is 11.2. The van der Waals surface area contributed by atoms with Crippen molar-refractivity contribution in [2.45, 2.75) is 38.3 Å². The molecule has 4 rings (SSSR count). The summed E-state index contributed by atoms with van der Waals surface area (Å²) < 4.78 is 0. The first-order valence-corrected chi connectivity index (χ1v) is 11.2. The molecule has 0 radical (unpaired) electrons. The highest BCUT2D eigenvalue weighted by Gasteiger charge is 2.68. The number of nitrogens with zero attached hydrogens (tertiary/aromatic N) is 1. The van der Waals surface area contributed by atoms with Gasteiger partial charge in [-0.15, -0.1) is 0 Å². The van der Waals surface area contributed by atoms with Crippen LogP contribution in [0, 0.1) is 25.7 Å². The molecule has 0 aliphatic carbocycles. The highest BCUT2D eigenvalue weighted by Crippen LogP contribution is 2.52. The average Bonchev–Trinajstić information content (AvgIpc) is 3.27. The first kappa shape index (κ1) is 23.4. The minimum absolute atomic E-state index is 0.0345. The topological polar surface area (TPSA) is 142 Å². The molecule has 2 aromatic carbocycles. The van der Waals surface area contributed by atoms with Gasteiger partial charge < -0.3 is 16.2 Å². The lowest BCUT2D eigenvalue weighted by Gasteiger charge is -2.31. The summed E-state index contributed by atoms with van der Waals surface area (Å²) in [6.07, 6.45) is 0.296. The van der Waals surface area contributed by atoms with Crippen molar-refractivity contribution in [2.24, 2.45) is 17.6 Å². The number of urea groups is 1. The average molecular weight is 465 g/mol. The summed E-state index contributed by atoms with van der Waals surface area (Å²) in [5.74, 6) is -4.13. The van der Waals surface area contributed by atoms with Crippen LogP contribution in [-0.2, 0) is 14.4 Å². The van der Waals surface area contributed by atoms with Crippen molar-refractivity contribution in [3.63, 3.8) is 0 Å². The number of nitrogens with one attached hydrogen (secondary N) is 2. The summed E-state index contributed by atoms with van der Waals surface area (Å²) in [6.45, 7) is 3.85. The van der Waals surface area contributed by atoms with Crippen LogP contribution in [0.3, 0.4) is 0 Å². The van der Waals surface area contributed by atoms with Crippen LogP contribution in [0.4, 0.5) is 10.5 Å². The second-order valence-electron chi connectivity index (χ2n) is 8.95. The molecule has 2 saturated heterocycles. The van der Waals surface area contributed by atoms with Crippen molar-refractivity contribution < 1.29 is 24.3 Å². The molecule has 2 aromatic rings. The van der Waals surface area contributed by atoms with Gasteiger partial charge in [-0.1, -0.05) is 42.5 Å². The Bertz CT molecular complexity index is 1170. The lowest BCUT2D eigenvalue weighted by atomic mass is 9.76. The van der Waals surface area contributed by atoms with E-state index in [1.807, 2.05) is 37.3 Å². The minimum atomic E-state index is -1.68. The van der Waals surface area contributed by atoms with E-state index >= 15 is 0 Å². The number of para-hydroxylation sites is 1. The maximum absolute atomic E-state index is 13.8. The second-order valence-corrected chi connectivity index (χ2v) is 8.95. The van der Waals surface area contributed by atoms with Crippen LogP contribution in [0.1, 0.15) is 35.6 Å². The zero-order valence-corrected chi connectivity index (χ0v) is 19.1. The fraction of sp³-hybridized carbons (Fsp3) is 0.360. The molecule has 4 atom stereocenters. The number of hydrogen-bond acceptors (Lipinski definition) is 5. The maximum atomic E-state index is 13.8. The van der Waals surface area contributed by atoms with Gasteiger partial charge in [0.05, 0.1) is 17.5 Å². The number of carboxylic acid groups (broad SMARTS) is 1. The number of fused-ring (bicyclic) bond motifs is 1. The number of primary amides is 1. The molecule has 2 fully saturated rings. The number of amides is 4. The van der Waals surface area contributed by atoms with Crippen molar-refractivity contribution in [3.8, 4) is 0 Å². The van der Waals surface area contributed by atoms with E-state index in [1.54, 1.807) is 25.1 Å². The molecule has 9 heteroatoms. The van der Waals surface area contributed by atoms with Gasteiger partial charge in [0.15, 0.2) is 0 Å². The molecule has 0 spiro atoms. The molecule has 0 saturated carbocycles. The Labute approximate surface area is 197 Å². The molecule has 5 N–H and O–H groups in total. The van der Waals surface area contributed by atoms with Gasteiger partial charge in [-0.05, 0) is 49.4 Å². The van der Waals surface area contributed by atoms with E-state index in [-0.39, 0.29) is 19.4 Å². The molecule has 2 aliphatic rings. The van der Waals surface area contributed by atoms with Crippen LogP contribution in [0.5, 0.6) is 0 Å². The van der Waals surface area contributed by atoms with Gasteiger partial charge in [0.2, 0.25) is 11.8 Å². The lowest BCUT2D eigenvalue weighted by molar-refractivity contribution is -0.149. The number of benzene rings is 2. The van der Waals surface area contributed by atoms with E-state index in [9.17, 15) is 24.3 Å². The summed E-state index contributed by atoms with van der Waals surface area (Å²) >= 11 is 0. The largest absolute Gasteiger partial charge is 0.480 e. The molecular weight excluding hydrogens is 436 g/mol. The van der Waals surface area contributed by atoms with Crippen molar-refractivity contribution in [2.75, 3.05) is 11.4 Å². The zero-order chi connectivity index (χ0) is 24.6. The van der Waals surface area contributed by atoms with Crippen LogP contribution in [-0.4, -0.2) is 41.0 Å². The number of nitrogens with two attached hydrogens (primary N) is 1. The van der Waals surface area contributed by atoms with Crippen LogP contribution in [0.15, 0.2) is 48.5 Å². The standard InChI is InChI=1S/C25H28N4O5/c1-14-8-3-5-10-16(14)20-18-19(25(28-20,23(32)33)12-7-13-27-24(26)34)22(31)29(21(18)30)17-11-6-4-9-15(17)2/h3-6,8-11,18-20,28H,7,12-13H2,1-2H3,(H,32,33)(H3,26,27,34). The van der Waals surface area contributed by atoms with Crippen molar-refractivity contribution in [1.82, 2.24) is 10.6 Å². The number of carbonyl (C=O) groups excluding carboxylic acids is 3. The Hall–Kier alpha value is -3.72. The number of carbonyl (C=O) groups is 4. The molecular formula is C25H28N4O5. The van der Waals surface area contributed by atoms with E-state index in [1.165, 1.54) is 0 Å². The third kappa shape index (κ3) is 3.71. The summed E-state index contributed by atoms with van der Waals surface area (Å²) in [7, 11) is 0. The summed E-state index contributed by atoms with van der Waals surface area (Å²) in [5, 5.41) is 16.1. The smallest absolute Gasteiger partial charge is 0.324 e. The third-order valence-corrected chi connectivity index (χ3v) is 6.96. The molecule has 178 valence electrons. The Morgan fingerprint density at radius 3 is 2.32 bits per heavy atom. The third-order valence-electron chi connectivity index (χ3n) is 6.96. The molecule has 4 amide bonds. The predicted molar refractivity (Wildman–Crippen MR) is 125 cm³/mol. The first-order chi connectivity index (χ1) is 16.2. The molecule has 2 aliphatic heterocycles. The van der Waals surface area contributed by atoms with Gasteiger partial charge in [-0.3, -0.25) is 19.7 Å². The molecule has 0 aromatic heterocycles. The van der Waals surface area contributed by atoms with Gasteiger partial charge in [0.1, 0.15) is 5.54 Å². The van der Waals surface area contributed by atoms with Gasteiger partial charge in [0, 0.05) is 12.6 Å². The number of aliphatic carboxylic acids is 1. The Morgan fingerprint density at radius 2 is 1.71 bits per heavy atom. The van der Waals surface area contributed by atoms with Crippen LogP contribution in [0.2, 0.25) is 0 Å². The van der Waals surface area contributed by atoms with Gasteiger partial charge in [0.25, 0.3) is 0 Å². The Kier molecular flexibility index (Phi) is 6.14. The minimum Gasteiger partial charge on any atom is -0.480 e. The van der Waals surface area contributed by atoms with Gasteiger partial charge >= 0.3 is 12.0 Å². The van der Waals surface area contributed by atoms with E-state index in [0.717, 1.165) is 21.6 Å². The normalized spacial score (nSPS) is 25.9. The second kappa shape index (κ2) is 8.90. The van der Waals surface area contributed by atoms with Gasteiger partial charge in [-0.2, -0.15) is 0 Å². The van der Waals surface area contributed by atoms with Crippen LogP contribution >= 0.6 is 0 Å². The SMILES string of the molecule is Cc1ccccc1C1NC(CCCNC(N)=O)(C(=O)O)C2C(=O)N(c3ccccc3C)C(=O)C12. The zero-order valence-electron chi connectivity index (χ0n) is 19.1. The fourth-order valence-electron chi connectivity index (χ4n) is 5.37. The summed E-state index contributed by atoms with van der Waals surface area (Å²) in [6, 6.07) is 13.1. The summed E-state index contributed by atoms with van der Waals surface area (Å²) in [5.41, 5.74) is 6.33. The fourth-order valence-corrected chi connectivity index (χ4v) is 5.37. The van der Waals surface area contributed by atoms with E-state index < -0.39 is 47.2 Å². The van der Waals surface area contributed by atoms with Crippen molar-refractivity contribution in [1.29, 1.82) is 0 Å². The van der Waals surface area contributed by atoms with Crippen LogP contribution < -0.4 is 21.3 Å². The number of anilines is 1. The van der Waals surface area contributed by atoms with Crippen molar-refractivity contribution in [3.05, 3.63) is 65.2 Å². The quantitative estimate of drug-likeness (QED) is 0.365. The number of rotatable bonds is 7. The molecule has 4 unspecified atom stereocenters. The number of hydrogen-bond donors (Lipinski definition) is 4. The maximum Gasteiger partial charge on any atom is 0.324 e. The van der Waals surface area contributed by atoms with E-state index in [2.05, 4.69) is 10.6 Å². The Balaban J connectivity index is 1.81. The Morgan fingerprint density at radius 1 is 1.06 bits per heavy atom. The van der Waals surface area contributed by atoms with Gasteiger partial charge in [-0.25, -0.2) is 9.69 Å². The number of carboxylic acids is 1. The van der Waals surface area contributed by atoms with Crippen molar-refractivity contribution >= 4 is 29.5 Å². The van der Waals surface area contributed by atoms with E-state index in [4.69, 9.17) is 5.73 Å². The summed E-state index contributed by atoms with van der Waals surface area (Å²) in [4.78, 5) is 52.5. The van der Waals surface area contributed by atoms with E-state index in [0.29, 0.717) is 5.69 Å². The molecule has 9 nitrogen and oxygen atoms in total. The highest BCUT2D eigenvalue weighted by molar-refractivity contribution is 6.24. The number of imide groups is 1. The molecule has 0 bridgehead atoms. The monoisotopic (exact) mass is 464 g/mol. The molecule has 2 heterocycles. The lowest BCUT2D eigenvalue weighted by Crippen LogP contribution is -2.56.